The van der Waals surface area contributed by atoms with E-state index in [1.54, 1.807) is 6.92 Å². The fourth-order valence-electron chi connectivity index (χ4n) is 4.38. The van der Waals surface area contributed by atoms with Gasteiger partial charge in [-0.25, -0.2) is 0 Å². The molecular weight excluding hydrogens is 300 g/mol. The van der Waals surface area contributed by atoms with Crippen molar-refractivity contribution in [3.05, 3.63) is 30.3 Å². The molecule has 2 heterocycles. The molecule has 3 fully saturated rings. The van der Waals surface area contributed by atoms with Crippen molar-refractivity contribution in [2.24, 2.45) is 5.92 Å². The Balaban J connectivity index is 1.40. The molecular formula is C20H28N2O2. The summed E-state index contributed by atoms with van der Waals surface area (Å²) in [6.07, 6.45) is 6.03. The summed E-state index contributed by atoms with van der Waals surface area (Å²) in [5.74, 6) is 1.07. The first-order valence-electron chi connectivity index (χ1n) is 9.36. The van der Waals surface area contributed by atoms with Crippen molar-refractivity contribution in [1.82, 2.24) is 4.90 Å². The van der Waals surface area contributed by atoms with Gasteiger partial charge in [0.1, 0.15) is 0 Å². The van der Waals surface area contributed by atoms with Gasteiger partial charge in [0.05, 0.1) is 18.2 Å². The molecule has 0 N–H and O–H groups in total. The summed E-state index contributed by atoms with van der Waals surface area (Å²) >= 11 is 0. The quantitative estimate of drug-likeness (QED) is 0.851. The average Bonchev–Trinajstić information content (AvgIpc) is 3.32. The topological polar surface area (TPSA) is 32.8 Å². The molecule has 1 aromatic carbocycles. The number of ether oxygens (including phenoxy) is 1. The number of benzene rings is 1. The molecule has 1 aliphatic carbocycles. The van der Waals surface area contributed by atoms with E-state index in [0.717, 1.165) is 44.0 Å². The zero-order valence-electron chi connectivity index (χ0n) is 14.6. The highest BCUT2D eigenvalue weighted by molar-refractivity contribution is 5.92. The van der Waals surface area contributed by atoms with Gasteiger partial charge < -0.3 is 14.5 Å². The molecule has 1 saturated carbocycles. The number of amides is 1. The molecule has 2 aliphatic heterocycles. The summed E-state index contributed by atoms with van der Waals surface area (Å²) in [4.78, 5) is 16.8. The molecule has 4 rings (SSSR count). The van der Waals surface area contributed by atoms with E-state index in [-0.39, 0.29) is 17.6 Å². The molecule has 4 heteroatoms. The molecule has 0 aromatic heterocycles. The molecule has 4 nitrogen and oxygen atoms in total. The van der Waals surface area contributed by atoms with E-state index in [0.29, 0.717) is 6.61 Å². The monoisotopic (exact) mass is 328 g/mol. The van der Waals surface area contributed by atoms with E-state index >= 15 is 0 Å². The number of piperidine rings is 1. The van der Waals surface area contributed by atoms with Gasteiger partial charge in [0, 0.05) is 32.2 Å². The zero-order chi connectivity index (χ0) is 16.6. The maximum atomic E-state index is 12.2. The lowest BCUT2D eigenvalue weighted by Gasteiger charge is -2.39. The molecule has 0 bridgehead atoms. The lowest BCUT2D eigenvalue weighted by atomic mass is 9.87. The fourth-order valence-corrected chi connectivity index (χ4v) is 4.38. The van der Waals surface area contributed by atoms with E-state index in [2.05, 4.69) is 4.90 Å². The lowest BCUT2D eigenvalue weighted by molar-refractivity contribution is -0.117. The number of carbonyl (C=O) groups is 1. The van der Waals surface area contributed by atoms with Gasteiger partial charge >= 0.3 is 0 Å². The SMILES string of the molecule is CC(=O)N(c1ccccc1)[C@H]1COC2(CCN(CC3CC3)CC2)C1. The van der Waals surface area contributed by atoms with E-state index in [9.17, 15) is 4.79 Å². The first-order valence-corrected chi connectivity index (χ1v) is 9.36. The van der Waals surface area contributed by atoms with Gasteiger partial charge in [0.2, 0.25) is 5.91 Å². The minimum atomic E-state index is -0.00675. The smallest absolute Gasteiger partial charge is 0.224 e. The predicted molar refractivity (Wildman–Crippen MR) is 95.1 cm³/mol. The molecule has 2 saturated heterocycles. The Kier molecular flexibility index (Phi) is 4.35. The van der Waals surface area contributed by atoms with Crippen molar-refractivity contribution < 1.29 is 9.53 Å². The Morgan fingerprint density at radius 2 is 1.96 bits per heavy atom. The number of rotatable bonds is 4. The van der Waals surface area contributed by atoms with Crippen LogP contribution in [0.1, 0.15) is 39.0 Å². The summed E-state index contributed by atoms with van der Waals surface area (Å²) in [7, 11) is 0. The second-order valence-electron chi connectivity index (χ2n) is 7.82. The molecule has 3 aliphatic rings. The van der Waals surface area contributed by atoms with Crippen molar-refractivity contribution in [2.75, 3.05) is 31.1 Å². The Morgan fingerprint density at radius 1 is 1.25 bits per heavy atom. The number of hydrogen-bond donors (Lipinski definition) is 0. The van der Waals surface area contributed by atoms with Crippen LogP contribution in [0.5, 0.6) is 0 Å². The van der Waals surface area contributed by atoms with E-state index in [1.165, 1.54) is 19.4 Å². The summed E-state index contributed by atoms with van der Waals surface area (Å²) in [5.41, 5.74) is 0.981. The first-order chi connectivity index (χ1) is 11.7. The molecule has 24 heavy (non-hydrogen) atoms. The van der Waals surface area contributed by atoms with Gasteiger partial charge in [-0.2, -0.15) is 0 Å². The van der Waals surface area contributed by atoms with Gasteiger partial charge in [-0.15, -0.1) is 0 Å². The number of nitrogens with zero attached hydrogens (tertiary/aromatic N) is 2. The Hall–Kier alpha value is -1.39. The van der Waals surface area contributed by atoms with Gasteiger partial charge in [-0.05, 0) is 50.2 Å². The first kappa shape index (κ1) is 16.1. The molecule has 130 valence electrons. The zero-order valence-corrected chi connectivity index (χ0v) is 14.6. The van der Waals surface area contributed by atoms with Crippen LogP contribution in [0.25, 0.3) is 0 Å². The van der Waals surface area contributed by atoms with Crippen LogP contribution in [0, 0.1) is 5.92 Å². The average molecular weight is 328 g/mol. The molecule has 1 spiro atoms. The van der Waals surface area contributed by atoms with E-state index in [4.69, 9.17) is 4.74 Å². The summed E-state index contributed by atoms with van der Waals surface area (Å²) in [6, 6.07) is 10.2. The van der Waals surface area contributed by atoms with Crippen LogP contribution in [-0.4, -0.2) is 48.7 Å². The minimum absolute atomic E-state index is 0.00675. The van der Waals surface area contributed by atoms with Crippen molar-refractivity contribution in [3.63, 3.8) is 0 Å². The van der Waals surface area contributed by atoms with Crippen LogP contribution in [0.2, 0.25) is 0 Å². The maximum absolute atomic E-state index is 12.2. The van der Waals surface area contributed by atoms with Crippen molar-refractivity contribution >= 4 is 11.6 Å². The normalized spacial score (nSPS) is 26.6. The number of carbonyl (C=O) groups excluding carboxylic acids is 1. The van der Waals surface area contributed by atoms with E-state index < -0.39 is 0 Å². The third kappa shape index (κ3) is 3.35. The number of anilines is 1. The van der Waals surface area contributed by atoms with Crippen molar-refractivity contribution in [3.8, 4) is 0 Å². The fraction of sp³-hybridized carbons (Fsp3) is 0.650. The van der Waals surface area contributed by atoms with Gasteiger partial charge in [-0.1, -0.05) is 18.2 Å². The number of hydrogen-bond acceptors (Lipinski definition) is 3. The molecule has 1 amide bonds. The third-order valence-electron chi connectivity index (χ3n) is 5.91. The second-order valence-corrected chi connectivity index (χ2v) is 7.82. The molecule has 0 radical (unpaired) electrons. The highest BCUT2D eigenvalue weighted by Crippen LogP contribution is 2.40. The van der Waals surface area contributed by atoms with Gasteiger partial charge in [0.25, 0.3) is 0 Å². The van der Waals surface area contributed by atoms with Crippen LogP contribution in [-0.2, 0) is 9.53 Å². The van der Waals surface area contributed by atoms with Crippen molar-refractivity contribution in [2.45, 2.75) is 50.7 Å². The second kappa shape index (κ2) is 6.49. The van der Waals surface area contributed by atoms with Crippen LogP contribution in [0.4, 0.5) is 5.69 Å². The predicted octanol–water partition coefficient (Wildman–Crippen LogP) is 3.07. The highest BCUT2D eigenvalue weighted by atomic mass is 16.5. The van der Waals surface area contributed by atoms with Crippen LogP contribution >= 0.6 is 0 Å². The Labute approximate surface area is 144 Å². The maximum Gasteiger partial charge on any atom is 0.224 e. The standard InChI is InChI=1S/C20H28N2O2/c1-16(23)22(18-5-3-2-4-6-18)19-13-20(24-15-19)9-11-21(12-10-20)14-17-7-8-17/h2-6,17,19H,7-15H2,1H3/t19-/m1/s1. The highest BCUT2D eigenvalue weighted by Gasteiger charge is 2.45. The lowest BCUT2D eigenvalue weighted by Crippen LogP contribution is -2.46. The molecule has 1 atom stereocenters. The Morgan fingerprint density at radius 3 is 2.58 bits per heavy atom. The molecule has 0 unspecified atom stereocenters. The minimum Gasteiger partial charge on any atom is -0.373 e. The Bertz CT molecular complexity index is 577. The summed E-state index contributed by atoms with van der Waals surface area (Å²) < 4.78 is 6.30. The largest absolute Gasteiger partial charge is 0.373 e. The van der Waals surface area contributed by atoms with Gasteiger partial charge in [-0.3, -0.25) is 4.79 Å². The number of para-hydroxylation sites is 1. The van der Waals surface area contributed by atoms with Crippen LogP contribution < -0.4 is 4.90 Å². The van der Waals surface area contributed by atoms with Gasteiger partial charge in [0.15, 0.2) is 0 Å². The summed E-state index contributed by atoms with van der Waals surface area (Å²) in [6.45, 7) is 5.90. The number of likely N-dealkylation sites (tertiary alicyclic amines) is 1. The van der Waals surface area contributed by atoms with Crippen molar-refractivity contribution in [1.29, 1.82) is 0 Å². The van der Waals surface area contributed by atoms with Crippen LogP contribution in [0.3, 0.4) is 0 Å². The third-order valence-corrected chi connectivity index (χ3v) is 5.91. The molecule has 1 aromatic rings. The van der Waals surface area contributed by atoms with Crippen LogP contribution in [0.15, 0.2) is 30.3 Å². The van der Waals surface area contributed by atoms with E-state index in [1.807, 2.05) is 35.2 Å². The summed E-state index contributed by atoms with van der Waals surface area (Å²) in [5, 5.41) is 0.